The van der Waals surface area contributed by atoms with Gasteiger partial charge in [0.1, 0.15) is 11.5 Å². The molecule has 2 aromatic carbocycles. The quantitative estimate of drug-likeness (QED) is 0.253. The number of rotatable bonds is 4. The van der Waals surface area contributed by atoms with Crippen molar-refractivity contribution < 1.29 is 19.1 Å². The average Bonchev–Trinajstić information content (AvgIpc) is 2.94. The van der Waals surface area contributed by atoms with E-state index in [1.54, 1.807) is 12.2 Å². The highest BCUT2D eigenvalue weighted by atomic mass is 16.5. The van der Waals surface area contributed by atoms with Gasteiger partial charge in [0.05, 0.1) is 17.0 Å². The number of Topliss-reactive ketones (excluding diaryl/α,β-unsaturated/α-hetero) is 1. The maximum Gasteiger partial charge on any atom is 0.360 e. The van der Waals surface area contributed by atoms with Crippen LogP contribution in [-0.2, 0) is 14.9 Å². The van der Waals surface area contributed by atoms with Crippen LogP contribution in [0.15, 0.2) is 124 Å². The van der Waals surface area contributed by atoms with E-state index < -0.39 is 0 Å². The monoisotopic (exact) mass is 530 g/mol. The Kier molecular flexibility index (Phi) is 6.97. The molecule has 0 unspecified atom stereocenters. The summed E-state index contributed by atoms with van der Waals surface area (Å²) in [5.74, 6) is 2.39. The number of carbonyl (C=O) groups is 1. The lowest BCUT2D eigenvalue weighted by atomic mass is 9.84. The lowest BCUT2D eigenvalue weighted by Gasteiger charge is -2.30. The third kappa shape index (κ3) is 5.62. The van der Waals surface area contributed by atoms with E-state index in [0.717, 1.165) is 33.8 Å². The second kappa shape index (κ2) is 10.3. The maximum atomic E-state index is 13.3. The first-order valence-electron chi connectivity index (χ1n) is 13.5. The fourth-order valence-corrected chi connectivity index (χ4v) is 4.47. The average molecular weight is 531 g/mol. The molecule has 4 nitrogen and oxygen atoms in total. The lowest BCUT2D eigenvalue weighted by Crippen LogP contribution is -2.29. The summed E-state index contributed by atoms with van der Waals surface area (Å²) in [6.45, 7) is 12.4. The molecule has 0 radical (unpaired) electrons. The number of hydrogen-bond acceptors (Lipinski definition) is 3. The molecule has 2 heterocycles. The van der Waals surface area contributed by atoms with Gasteiger partial charge in [0, 0.05) is 28.2 Å². The highest BCUT2D eigenvalue weighted by molar-refractivity contribution is 6.23. The molecule has 0 bridgehead atoms. The molecule has 1 aromatic heterocycles. The Morgan fingerprint density at radius 3 is 1.98 bits per heavy atom. The minimum Gasteiger partial charge on any atom is -0.871 e. The van der Waals surface area contributed by atoms with Crippen LogP contribution in [0.4, 0.5) is 0 Å². The van der Waals surface area contributed by atoms with Crippen molar-refractivity contribution in [1.29, 1.82) is 0 Å². The Bertz CT molecular complexity index is 1620. The molecular formula is C36H34O4. The Morgan fingerprint density at radius 1 is 0.775 bits per heavy atom. The number of ether oxygens (including phenoxy) is 1. The number of benzene rings is 2. The smallest absolute Gasteiger partial charge is 0.360 e. The fraction of sp³-hybridized carbons (Fsp3) is 0.222. The van der Waals surface area contributed by atoms with Crippen LogP contribution in [0.1, 0.15) is 58.4 Å². The molecule has 5 rings (SSSR count). The largest absolute Gasteiger partial charge is 0.871 e. The van der Waals surface area contributed by atoms with Crippen LogP contribution in [0, 0.1) is 5.41 Å². The normalized spacial score (nSPS) is 17.9. The van der Waals surface area contributed by atoms with E-state index >= 15 is 0 Å². The van der Waals surface area contributed by atoms with Crippen molar-refractivity contribution in [3.05, 3.63) is 136 Å². The SMILES string of the molecule is CC(C)(C)C1=CC(=CC2=C([O-])C(=Cc3cc(-c4ccccc4)[o+]c(C(C)(C)C)c3)C2=O)C=C(c2ccccc2)O1. The molecule has 0 N–H and O–H groups in total. The molecule has 0 spiro atoms. The van der Waals surface area contributed by atoms with Crippen LogP contribution >= 0.6 is 0 Å². The van der Waals surface area contributed by atoms with Gasteiger partial charge in [-0.25, -0.2) is 4.42 Å². The van der Waals surface area contributed by atoms with E-state index in [0.29, 0.717) is 11.5 Å². The minimum atomic E-state index is -0.260. The Hall–Kier alpha value is -4.44. The van der Waals surface area contributed by atoms with Crippen molar-refractivity contribution in [2.45, 2.75) is 47.0 Å². The standard InChI is InChI=1S/C36H34O4/c1-35(2,3)31-21-23(19-29(39-31)25-13-9-7-10-14-25)17-27-33(37)28(34(27)38)18-24-20-30(26-15-11-8-12-16-26)40-32(22-24)36(4,5)6/h7-22H,1-6H3. The molecule has 0 saturated carbocycles. The topological polar surface area (TPSA) is 60.7 Å². The minimum absolute atomic E-state index is 0.177. The molecular weight excluding hydrogens is 496 g/mol. The van der Waals surface area contributed by atoms with Crippen molar-refractivity contribution in [1.82, 2.24) is 0 Å². The van der Waals surface area contributed by atoms with Crippen molar-refractivity contribution in [2.24, 2.45) is 5.41 Å². The number of carbonyl (C=O) groups excluding carboxylic acids is 1. The van der Waals surface area contributed by atoms with Gasteiger partial charge in [-0.05, 0) is 68.3 Å². The predicted octanol–water partition coefficient (Wildman–Crippen LogP) is 8.03. The highest BCUT2D eigenvalue weighted by Gasteiger charge is 2.31. The van der Waals surface area contributed by atoms with Gasteiger partial charge in [0.2, 0.25) is 0 Å². The second-order valence-corrected chi connectivity index (χ2v) is 12.2. The first-order chi connectivity index (χ1) is 18.9. The second-order valence-electron chi connectivity index (χ2n) is 12.2. The lowest BCUT2D eigenvalue weighted by molar-refractivity contribution is -0.300. The molecule has 1 aliphatic carbocycles. The van der Waals surface area contributed by atoms with Crippen LogP contribution in [-0.4, -0.2) is 5.78 Å². The predicted molar refractivity (Wildman–Crippen MR) is 158 cm³/mol. The van der Waals surface area contributed by atoms with Crippen molar-refractivity contribution >= 4 is 17.6 Å². The van der Waals surface area contributed by atoms with Gasteiger partial charge < -0.3 is 9.84 Å². The number of ketones is 1. The van der Waals surface area contributed by atoms with Crippen molar-refractivity contribution in [3.63, 3.8) is 0 Å². The Balaban J connectivity index is 1.54. The van der Waals surface area contributed by atoms with Gasteiger partial charge in [0.25, 0.3) is 0 Å². The summed E-state index contributed by atoms with van der Waals surface area (Å²) in [6, 6.07) is 23.4. The Morgan fingerprint density at radius 2 is 1.40 bits per heavy atom. The third-order valence-electron chi connectivity index (χ3n) is 6.83. The Labute approximate surface area is 236 Å². The summed E-state index contributed by atoms with van der Waals surface area (Å²) in [5, 5.41) is 13.3. The maximum absolute atomic E-state index is 13.3. The van der Waals surface area contributed by atoms with Crippen LogP contribution in [0.25, 0.3) is 23.2 Å². The van der Waals surface area contributed by atoms with Crippen LogP contribution in [0.3, 0.4) is 0 Å². The van der Waals surface area contributed by atoms with Crippen molar-refractivity contribution in [3.8, 4) is 11.3 Å². The van der Waals surface area contributed by atoms with Gasteiger partial charge >= 0.3 is 11.5 Å². The molecule has 202 valence electrons. The summed E-state index contributed by atoms with van der Waals surface area (Å²) < 4.78 is 12.4. The summed E-state index contributed by atoms with van der Waals surface area (Å²) >= 11 is 0. The van der Waals surface area contributed by atoms with Crippen molar-refractivity contribution in [2.75, 3.05) is 0 Å². The van der Waals surface area contributed by atoms with Gasteiger partial charge in [-0.15, -0.1) is 0 Å². The molecule has 2 aliphatic rings. The zero-order valence-electron chi connectivity index (χ0n) is 23.9. The molecule has 1 aliphatic heterocycles. The van der Waals surface area contributed by atoms with Crippen LogP contribution in [0.2, 0.25) is 0 Å². The van der Waals surface area contributed by atoms with E-state index in [1.165, 1.54) is 0 Å². The first kappa shape index (κ1) is 27.1. The van der Waals surface area contributed by atoms with Gasteiger partial charge in [-0.1, -0.05) is 75.1 Å². The summed E-state index contributed by atoms with van der Waals surface area (Å²) in [5.41, 5.74) is 3.22. The molecule has 0 saturated heterocycles. The highest BCUT2D eigenvalue weighted by Crippen LogP contribution is 2.38. The summed E-state index contributed by atoms with van der Waals surface area (Å²) in [4.78, 5) is 13.3. The molecule has 0 fully saturated rings. The molecule has 3 aromatic rings. The van der Waals surface area contributed by atoms with E-state index in [1.807, 2.05) is 84.9 Å². The van der Waals surface area contributed by atoms with E-state index in [2.05, 4.69) is 41.5 Å². The van der Waals surface area contributed by atoms with Gasteiger partial charge in [-0.2, -0.15) is 0 Å². The van der Waals surface area contributed by atoms with E-state index in [-0.39, 0.29) is 33.5 Å². The summed E-state index contributed by atoms with van der Waals surface area (Å²) in [6.07, 6.45) is 7.13. The number of hydrogen-bond donors (Lipinski definition) is 0. The summed E-state index contributed by atoms with van der Waals surface area (Å²) in [7, 11) is 0. The molecule has 0 atom stereocenters. The third-order valence-corrected chi connectivity index (χ3v) is 6.83. The van der Waals surface area contributed by atoms with Gasteiger partial charge in [0.15, 0.2) is 5.78 Å². The molecule has 4 heteroatoms. The fourth-order valence-electron chi connectivity index (χ4n) is 4.47. The zero-order valence-corrected chi connectivity index (χ0v) is 23.9. The van der Waals surface area contributed by atoms with Crippen LogP contribution < -0.4 is 5.11 Å². The number of allylic oxidation sites excluding steroid dienone is 7. The zero-order chi connectivity index (χ0) is 28.7. The molecule has 0 amide bonds. The van der Waals surface area contributed by atoms with Crippen LogP contribution in [0.5, 0.6) is 0 Å². The van der Waals surface area contributed by atoms with E-state index in [4.69, 9.17) is 9.15 Å². The first-order valence-corrected chi connectivity index (χ1v) is 13.5. The van der Waals surface area contributed by atoms with Gasteiger partial charge in [-0.3, -0.25) is 4.79 Å². The van der Waals surface area contributed by atoms with E-state index in [9.17, 15) is 9.90 Å². The molecule has 40 heavy (non-hydrogen) atoms.